The van der Waals surface area contributed by atoms with Crippen LogP contribution in [0.2, 0.25) is 0 Å². The third kappa shape index (κ3) is 5.02. The fraction of sp³-hybridized carbons (Fsp3) is 0.385. The molecule has 0 spiro atoms. The molecule has 0 aromatic heterocycles. The highest BCUT2D eigenvalue weighted by Gasteiger charge is 2.48. The van der Waals surface area contributed by atoms with Gasteiger partial charge in [0.15, 0.2) is 11.6 Å². The van der Waals surface area contributed by atoms with Gasteiger partial charge in [-0.2, -0.15) is 8.42 Å². The maximum Gasteiger partial charge on any atom is 0.286 e. The quantitative estimate of drug-likeness (QED) is 0.413. The highest BCUT2D eigenvalue weighted by Crippen LogP contribution is 2.47. The van der Waals surface area contributed by atoms with Crippen molar-refractivity contribution < 1.29 is 26.7 Å². The lowest BCUT2D eigenvalue weighted by molar-refractivity contribution is -0.121. The van der Waals surface area contributed by atoms with Crippen molar-refractivity contribution in [3.8, 4) is 0 Å². The van der Waals surface area contributed by atoms with Gasteiger partial charge in [-0.25, -0.2) is 8.42 Å². The lowest BCUT2D eigenvalue weighted by Gasteiger charge is -2.39. The van der Waals surface area contributed by atoms with Gasteiger partial charge in [0.1, 0.15) is 16.2 Å². The predicted molar refractivity (Wildman–Crippen MR) is 145 cm³/mol. The molecule has 4 rings (SSSR count). The first kappa shape index (κ1) is 26.9. The minimum absolute atomic E-state index is 0.0631. The fourth-order valence-corrected chi connectivity index (χ4v) is 6.76. The molecule has 0 amide bonds. The van der Waals surface area contributed by atoms with Gasteiger partial charge in [0.2, 0.25) is 10.0 Å². The molecule has 37 heavy (non-hydrogen) atoms. The van der Waals surface area contributed by atoms with Crippen molar-refractivity contribution in [1.29, 1.82) is 0 Å². The lowest BCUT2D eigenvalue weighted by Crippen LogP contribution is -2.44. The zero-order chi connectivity index (χ0) is 27.0. The summed E-state index contributed by atoms with van der Waals surface area (Å²) in [5.74, 6) is -0.916. The van der Waals surface area contributed by atoms with E-state index in [9.17, 15) is 26.7 Å². The summed E-state index contributed by atoms with van der Waals surface area (Å²) in [7, 11) is -7.95. The molecule has 1 heterocycles. The lowest BCUT2D eigenvalue weighted by atomic mass is 9.63. The van der Waals surface area contributed by atoms with Crippen molar-refractivity contribution >= 4 is 48.8 Å². The van der Waals surface area contributed by atoms with Gasteiger partial charge in [0, 0.05) is 11.3 Å². The summed E-state index contributed by atoms with van der Waals surface area (Å²) in [6.45, 7) is 4.09. The first-order valence-corrected chi connectivity index (χ1v) is 15.6. The number of fused-ring (bicyclic) bond motifs is 2. The molecule has 0 fully saturated rings. The number of anilines is 2. The summed E-state index contributed by atoms with van der Waals surface area (Å²) < 4.78 is 55.7. The Labute approximate surface area is 217 Å². The molecule has 3 N–H and O–H groups in total. The van der Waals surface area contributed by atoms with Crippen LogP contribution in [0.5, 0.6) is 0 Å². The van der Waals surface area contributed by atoms with Crippen LogP contribution in [0.1, 0.15) is 63.5 Å². The van der Waals surface area contributed by atoms with E-state index in [2.05, 4.69) is 14.4 Å². The van der Waals surface area contributed by atoms with E-state index < -0.39 is 25.5 Å². The zero-order valence-electron chi connectivity index (χ0n) is 21.0. The number of carbonyl (C=O) groups is 1. The molecule has 1 aliphatic carbocycles. The molecular weight excluding hydrogens is 514 g/mol. The van der Waals surface area contributed by atoms with E-state index in [4.69, 9.17) is 0 Å². The van der Waals surface area contributed by atoms with Gasteiger partial charge >= 0.3 is 0 Å². The number of amidine groups is 1. The molecule has 9 nitrogen and oxygen atoms in total. The second-order valence-electron chi connectivity index (χ2n) is 9.51. The average molecular weight is 546 g/mol. The molecule has 2 aromatic carbocycles. The summed E-state index contributed by atoms with van der Waals surface area (Å²) in [5.41, 5.74) is 0.362. The number of Topliss-reactive ketones (excluding diaryl/α,β-unsaturated/α-hetero) is 1. The van der Waals surface area contributed by atoms with E-state index in [0.29, 0.717) is 18.4 Å². The number of aliphatic hydroxyl groups is 1. The molecule has 0 radical (unpaired) electrons. The second-order valence-corrected chi connectivity index (χ2v) is 12.8. The van der Waals surface area contributed by atoms with Gasteiger partial charge in [0.05, 0.1) is 17.4 Å². The number of sulfonamides is 2. The van der Waals surface area contributed by atoms with Crippen LogP contribution in [0, 0.1) is 0 Å². The summed E-state index contributed by atoms with van der Waals surface area (Å²) in [6, 6.07) is 11.2. The Bertz CT molecular complexity index is 1520. The number of nitrogens with one attached hydrogen (secondary N) is 2. The number of carbonyl (C=O) groups excluding carboxylic acids is 1. The topological polar surface area (TPSA) is 142 Å². The molecule has 1 aliphatic heterocycles. The minimum atomic E-state index is -4.32. The summed E-state index contributed by atoms with van der Waals surface area (Å²) >= 11 is 0. The number of ketones is 1. The molecule has 2 aliphatic rings. The predicted octanol–water partition coefficient (Wildman–Crippen LogP) is 4.74. The Morgan fingerprint density at radius 2 is 1.70 bits per heavy atom. The van der Waals surface area contributed by atoms with Crippen molar-refractivity contribution in [2.75, 3.05) is 16.3 Å². The van der Waals surface area contributed by atoms with Crippen LogP contribution in [0.4, 0.5) is 11.4 Å². The average Bonchev–Trinajstić information content (AvgIpc) is 2.83. The van der Waals surface area contributed by atoms with Gasteiger partial charge in [-0.1, -0.05) is 63.8 Å². The van der Waals surface area contributed by atoms with Crippen molar-refractivity contribution in [3.63, 3.8) is 0 Å². The number of hydrogen-bond acceptors (Lipinski definition) is 7. The highest BCUT2D eigenvalue weighted by molar-refractivity contribution is 7.92. The second kappa shape index (κ2) is 9.94. The van der Waals surface area contributed by atoms with E-state index >= 15 is 0 Å². The molecule has 0 unspecified atom stereocenters. The summed E-state index contributed by atoms with van der Waals surface area (Å²) in [5, 5.41) is 14.2. The van der Waals surface area contributed by atoms with Crippen LogP contribution in [0.25, 0.3) is 5.76 Å². The fourth-order valence-electron chi connectivity index (χ4n) is 5.05. The number of rotatable bonds is 9. The van der Waals surface area contributed by atoms with E-state index in [1.807, 2.05) is 26.0 Å². The van der Waals surface area contributed by atoms with Crippen molar-refractivity contribution in [1.82, 2.24) is 0 Å². The first-order valence-electron chi connectivity index (χ1n) is 12.3. The molecule has 0 saturated heterocycles. The number of nitrogens with zero attached hydrogens (tertiary/aromatic N) is 1. The zero-order valence-corrected chi connectivity index (χ0v) is 22.7. The number of benzene rings is 2. The maximum atomic E-state index is 14.3. The van der Waals surface area contributed by atoms with E-state index in [1.165, 1.54) is 12.1 Å². The smallest absolute Gasteiger partial charge is 0.286 e. The van der Waals surface area contributed by atoms with E-state index in [-0.39, 0.29) is 39.2 Å². The Morgan fingerprint density at radius 1 is 1.05 bits per heavy atom. The Morgan fingerprint density at radius 3 is 2.32 bits per heavy atom. The van der Waals surface area contributed by atoms with Crippen LogP contribution in [0.3, 0.4) is 0 Å². The highest BCUT2D eigenvalue weighted by atomic mass is 32.2. The van der Waals surface area contributed by atoms with Crippen LogP contribution in [-0.2, 0) is 30.3 Å². The van der Waals surface area contributed by atoms with Gasteiger partial charge in [-0.15, -0.1) is 4.40 Å². The first-order chi connectivity index (χ1) is 17.4. The van der Waals surface area contributed by atoms with Gasteiger partial charge < -0.3 is 10.4 Å². The standard InChI is InChI=1S/C26H31N3O6S2/c1-4-6-14-26(15-7-5-2)19-11-9-8-10-18(19)23(30)22(24(26)31)25-27-20-13-12-17(28-36(3,32)33)16-21(20)37(34,35)29-25/h8-13,16,28,30H,4-7,14-15H2,1-3H3,(H,27,29). The maximum absolute atomic E-state index is 14.3. The van der Waals surface area contributed by atoms with Crippen LogP contribution in [-0.4, -0.2) is 39.8 Å². The van der Waals surface area contributed by atoms with Crippen LogP contribution >= 0.6 is 0 Å². The van der Waals surface area contributed by atoms with Gasteiger partial charge in [0.25, 0.3) is 10.0 Å². The van der Waals surface area contributed by atoms with Crippen LogP contribution < -0.4 is 10.0 Å². The summed E-state index contributed by atoms with van der Waals surface area (Å²) in [6.07, 6.45) is 5.41. The third-order valence-electron chi connectivity index (χ3n) is 6.77. The largest absolute Gasteiger partial charge is 0.506 e. The molecule has 198 valence electrons. The Balaban J connectivity index is 1.87. The normalized spacial score (nSPS) is 17.9. The summed E-state index contributed by atoms with van der Waals surface area (Å²) in [4.78, 5) is 14.0. The van der Waals surface area contributed by atoms with Crippen molar-refractivity contribution in [3.05, 3.63) is 59.2 Å². The SMILES string of the molecule is CCCCC1(CCCC)C(=O)C(C2=NS(=O)(=O)c3cc(NS(C)(=O)=O)ccc3N2)=C(O)c2ccccc21. The number of aliphatic hydroxyl groups excluding tert-OH is 1. The van der Waals surface area contributed by atoms with E-state index in [0.717, 1.165) is 43.6 Å². The van der Waals surface area contributed by atoms with Crippen molar-refractivity contribution in [2.24, 2.45) is 4.40 Å². The molecule has 0 atom stereocenters. The molecule has 0 bridgehead atoms. The van der Waals surface area contributed by atoms with Crippen LogP contribution in [0.15, 0.2) is 57.3 Å². The monoisotopic (exact) mass is 545 g/mol. The molecule has 2 aromatic rings. The third-order valence-corrected chi connectivity index (χ3v) is 8.70. The number of unbranched alkanes of at least 4 members (excludes halogenated alkanes) is 2. The van der Waals surface area contributed by atoms with Gasteiger partial charge in [-0.3, -0.25) is 9.52 Å². The Kier molecular flexibility index (Phi) is 7.22. The van der Waals surface area contributed by atoms with E-state index in [1.54, 1.807) is 12.1 Å². The number of hydrogen-bond donors (Lipinski definition) is 3. The van der Waals surface area contributed by atoms with Gasteiger partial charge in [-0.05, 0) is 36.6 Å². The van der Waals surface area contributed by atoms with Crippen molar-refractivity contribution in [2.45, 2.75) is 62.7 Å². The molecular formula is C26H31N3O6S2. The minimum Gasteiger partial charge on any atom is -0.506 e. The molecule has 0 saturated carbocycles. The molecule has 11 heteroatoms. The Hall–Kier alpha value is -3.18.